The fourth-order valence-corrected chi connectivity index (χ4v) is 2.19. The monoisotopic (exact) mass is 324 g/mol. The number of rotatable bonds is 5. The molecule has 0 aliphatic carbocycles. The van der Waals surface area contributed by atoms with E-state index in [4.69, 9.17) is 9.47 Å². The van der Waals surface area contributed by atoms with E-state index in [9.17, 15) is 4.79 Å². The van der Waals surface area contributed by atoms with Gasteiger partial charge >= 0.3 is 0 Å². The van der Waals surface area contributed by atoms with E-state index in [1.54, 1.807) is 29.2 Å². The first-order valence-corrected chi connectivity index (χ1v) is 7.22. The zero-order valence-electron chi connectivity index (χ0n) is 13.3. The lowest BCUT2D eigenvalue weighted by molar-refractivity contribution is 0.101. The molecule has 0 saturated carbocycles. The van der Waals surface area contributed by atoms with Gasteiger partial charge in [-0.1, -0.05) is 18.2 Å². The number of methoxy groups -OCH3 is 2. The number of para-hydroxylation sites is 1. The van der Waals surface area contributed by atoms with Gasteiger partial charge < -0.3 is 14.8 Å². The molecule has 3 rings (SSSR count). The first-order chi connectivity index (χ1) is 11.7. The molecular weight excluding hydrogens is 308 g/mol. The van der Waals surface area contributed by atoms with Crippen LogP contribution in [0.15, 0.2) is 54.9 Å². The second-order valence-electron chi connectivity index (χ2n) is 4.83. The molecule has 0 atom stereocenters. The van der Waals surface area contributed by atoms with Crippen molar-refractivity contribution in [1.29, 1.82) is 0 Å². The lowest BCUT2D eigenvalue weighted by atomic mass is 10.3. The highest BCUT2D eigenvalue weighted by Crippen LogP contribution is 2.24. The van der Waals surface area contributed by atoms with Crippen molar-refractivity contribution in [2.45, 2.75) is 0 Å². The molecule has 0 saturated heterocycles. The van der Waals surface area contributed by atoms with Crippen LogP contribution in [0.2, 0.25) is 0 Å². The Morgan fingerprint density at radius 1 is 1.04 bits per heavy atom. The lowest BCUT2D eigenvalue weighted by Gasteiger charge is -2.07. The van der Waals surface area contributed by atoms with Crippen molar-refractivity contribution in [2.24, 2.45) is 0 Å². The molecule has 0 radical (unpaired) electrons. The van der Waals surface area contributed by atoms with Gasteiger partial charge in [0.2, 0.25) is 0 Å². The number of nitrogens with one attached hydrogen (secondary N) is 1. The predicted molar refractivity (Wildman–Crippen MR) is 88.9 cm³/mol. The predicted octanol–water partition coefficient (Wildman–Crippen LogP) is 2.54. The van der Waals surface area contributed by atoms with Crippen LogP contribution in [0.3, 0.4) is 0 Å². The number of pyridine rings is 1. The molecule has 3 aromatic rings. The number of nitrogens with zero attached hydrogens (tertiary/aromatic N) is 3. The van der Waals surface area contributed by atoms with Crippen LogP contribution in [0.25, 0.3) is 5.69 Å². The van der Waals surface area contributed by atoms with Crippen LogP contribution in [-0.2, 0) is 0 Å². The van der Waals surface area contributed by atoms with Crippen molar-refractivity contribution in [3.8, 4) is 17.2 Å². The topological polar surface area (TPSA) is 78.3 Å². The van der Waals surface area contributed by atoms with Gasteiger partial charge in [-0.2, -0.15) is 5.10 Å². The van der Waals surface area contributed by atoms with Crippen molar-refractivity contribution < 1.29 is 14.3 Å². The van der Waals surface area contributed by atoms with Crippen molar-refractivity contribution in [1.82, 2.24) is 14.8 Å². The maximum absolute atomic E-state index is 12.5. The van der Waals surface area contributed by atoms with Gasteiger partial charge in [0.15, 0.2) is 23.0 Å². The molecule has 0 aliphatic rings. The molecule has 24 heavy (non-hydrogen) atoms. The number of benzene rings is 1. The normalized spacial score (nSPS) is 10.2. The van der Waals surface area contributed by atoms with Gasteiger partial charge in [-0.05, 0) is 24.3 Å². The maximum Gasteiger partial charge on any atom is 0.281 e. The molecule has 122 valence electrons. The van der Waals surface area contributed by atoms with Gasteiger partial charge in [0.05, 0.1) is 26.1 Å². The van der Waals surface area contributed by atoms with E-state index in [-0.39, 0.29) is 5.69 Å². The Morgan fingerprint density at radius 2 is 1.79 bits per heavy atom. The number of hydrogen-bond donors (Lipinski definition) is 1. The first-order valence-electron chi connectivity index (χ1n) is 7.22. The van der Waals surface area contributed by atoms with Crippen LogP contribution in [0, 0.1) is 0 Å². The smallest absolute Gasteiger partial charge is 0.281 e. The number of amides is 1. The molecule has 2 aromatic heterocycles. The summed E-state index contributed by atoms with van der Waals surface area (Å²) in [5, 5.41) is 7.00. The summed E-state index contributed by atoms with van der Waals surface area (Å²) in [5.74, 6) is 0.721. The van der Waals surface area contributed by atoms with Gasteiger partial charge in [-0.3, -0.25) is 4.79 Å². The van der Waals surface area contributed by atoms with E-state index in [0.717, 1.165) is 5.69 Å². The third kappa shape index (κ3) is 3.05. The number of anilines is 1. The Balaban J connectivity index is 1.91. The van der Waals surface area contributed by atoms with Crippen LogP contribution in [0.1, 0.15) is 10.5 Å². The average Bonchev–Trinajstić information content (AvgIpc) is 3.07. The Morgan fingerprint density at radius 3 is 2.50 bits per heavy atom. The third-order valence-electron chi connectivity index (χ3n) is 3.36. The summed E-state index contributed by atoms with van der Waals surface area (Å²) in [6, 6.07) is 12.9. The zero-order valence-corrected chi connectivity index (χ0v) is 13.3. The Kier molecular flexibility index (Phi) is 4.42. The Hall–Kier alpha value is -3.35. The standard InChI is InChI=1S/C17H16N4O3/c1-23-13-9-6-10-18-16(13)19-17(22)15-14(24-2)11-21(20-15)12-7-4-3-5-8-12/h3-11H,1-2H3,(H,18,19,22). The molecule has 2 heterocycles. The van der Waals surface area contributed by atoms with Crippen molar-refractivity contribution in [3.63, 3.8) is 0 Å². The summed E-state index contributed by atoms with van der Waals surface area (Å²) >= 11 is 0. The fraction of sp³-hybridized carbons (Fsp3) is 0.118. The third-order valence-corrected chi connectivity index (χ3v) is 3.36. The molecule has 0 spiro atoms. The minimum atomic E-state index is -0.432. The molecule has 0 bridgehead atoms. The maximum atomic E-state index is 12.5. The highest BCUT2D eigenvalue weighted by Gasteiger charge is 2.20. The highest BCUT2D eigenvalue weighted by atomic mass is 16.5. The van der Waals surface area contributed by atoms with Gasteiger partial charge in [0.25, 0.3) is 5.91 Å². The average molecular weight is 324 g/mol. The van der Waals surface area contributed by atoms with E-state index in [1.807, 2.05) is 30.3 Å². The molecule has 7 nitrogen and oxygen atoms in total. The van der Waals surface area contributed by atoms with Crippen LogP contribution >= 0.6 is 0 Å². The van der Waals surface area contributed by atoms with E-state index in [1.165, 1.54) is 14.2 Å². The Bertz CT molecular complexity index is 846. The Labute approximate surface area is 138 Å². The molecular formula is C17H16N4O3. The lowest BCUT2D eigenvalue weighted by Crippen LogP contribution is -2.15. The van der Waals surface area contributed by atoms with Crippen molar-refractivity contribution in [2.75, 3.05) is 19.5 Å². The fourth-order valence-electron chi connectivity index (χ4n) is 2.19. The van der Waals surface area contributed by atoms with E-state index >= 15 is 0 Å². The zero-order chi connectivity index (χ0) is 16.9. The summed E-state index contributed by atoms with van der Waals surface area (Å²) in [4.78, 5) is 16.6. The molecule has 0 aliphatic heterocycles. The molecule has 1 aromatic carbocycles. The molecule has 7 heteroatoms. The minimum absolute atomic E-state index is 0.161. The SMILES string of the molecule is COc1cccnc1NC(=O)c1nn(-c2ccccc2)cc1OC. The van der Waals surface area contributed by atoms with E-state index < -0.39 is 5.91 Å². The van der Waals surface area contributed by atoms with Gasteiger partial charge in [-0.15, -0.1) is 0 Å². The minimum Gasteiger partial charge on any atom is -0.493 e. The molecule has 1 amide bonds. The van der Waals surface area contributed by atoms with Gasteiger partial charge in [0.1, 0.15) is 0 Å². The summed E-state index contributed by atoms with van der Waals surface area (Å²) in [6.45, 7) is 0. The number of hydrogen-bond acceptors (Lipinski definition) is 5. The largest absolute Gasteiger partial charge is 0.493 e. The van der Waals surface area contributed by atoms with Crippen molar-refractivity contribution >= 4 is 11.7 Å². The van der Waals surface area contributed by atoms with E-state index in [0.29, 0.717) is 17.3 Å². The summed E-state index contributed by atoms with van der Waals surface area (Å²) < 4.78 is 12.0. The number of carbonyl (C=O) groups excluding carboxylic acids is 1. The van der Waals surface area contributed by atoms with Crippen LogP contribution < -0.4 is 14.8 Å². The summed E-state index contributed by atoms with van der Waals surface area (Å²) in [6.07, 6.45) is 3.22. The van der Waals surface area contributed by atoms with Crippen LogP contribution in [0.5, 0.6) is 11.5 Å². The summed E-state index contributed by atoms with van der Waals surface area (Å²) in [5.41, 5.74) is 0.985. The number of aromatic nitrogens is 3. The van der Waals surface area contributed by atoms with Gasteiger partial charge in [-0.25, -0.2) is 9.67 Å². The van der Waals surface area contributed by atoms with Crippen molar-refractivity contribution in [3.05, 3.63) is 60.6 Å². The highest BCUT2D eigenvalue weighted by molar-refractivity contribution is 6.04. The quantitative estimate of drug-likeness (QED) is 0.780. The summed E-state index contributed by atoms with van der Waals surface area (Å²) in [7, 11) is 3.00. The molecule has 1 N–H and O–H groups in total. The second kappa shape index (κ2) is 6.82. The molecule has 0 fully saturated rings. The first kappa shape index (κ1) is 15.5. The number of ether oxygens (including phenoxy) is 2. The molecule has 0 unspecified atom stereocenters. The number of carbonyl (C=O) groups is 1. The second-order valence-corrected chi connectivity index (χ2v) is 4.83. The van der Waals surface area contributed by atoms with Gasteiger partial charge in [0, 0.05) is 6.20 Å². The van der Waals surface area contributed by atoms with E-state index in [2.05, 4.69) is 15.4 Å². The van der Waals surface area contributed by atoms with Crippen LogP contribution in [-0.4, -0.2) is 34.9 Å². The van der Waals surface area contributed by atoms with Crippen LogP contribution in [0.4, 0.5) is 5.82 Å².